The van der Waals surface area contributed by atoms with Crippen LogP contribution in [-0.4, -0.2) is 11.1 Å². The highest BCUT2D eigenvalue weighted by molar-refractivity contribution is 5.62. The topological polar surface area (TPSA) is 37.3 Å². The average Bonchev–Trinajstić information content (AvgIpc) is 1.33. The minimum atomic E-state index is -0.833. The highest BCUT2D eigenvalue weighted by Gasteiger charge is 1.65. The monoisotopic (exact) mass is 106 g/mol. The number of carbonyl (C=O) groups is 1. The van der Waals surface area contributed by atoms with Crippen LogP contribution in [0.1, 0.15) is 6.92 Å². The molecule has 0 aliphatic carbocycles. The molecular weight excluding hydrogens is 99.0 g/mol. The van der Waals surface area contributed by atoms with E-state index in [1.165, 1.54) is 0 Å². The highest BCUT2D eigenvalue weighted by atomic mass is 19.1. The van der Waals surface area contributed by atoms with Crippen LogP contribution in [-0.2, 0) is 4.79 Å². The van der Waals surface area contributed by atoms with Crippen LogP contribution in [0.15, 0.2) is 12.9 Å². The molecule has 0 unspecified atom stereocenters. The lowest BCUT2D eigenvalue weighted by Gasteiger charge is -1.59. The van der Waals surface area contributed by atoms with Crippen molar-refractivity contribution in [3.63, 3.8) is 0 Å². The summed E-state index contributed by atoms with van der Waals surface area (Å²) in [5, 5.41) is 7.42. The summed E-state index contributed by atoms with van der Waals surface area (Å²) < 4.78 is 10.1. The fourth-order valence-electron chi connectivity index (χ4n) is 0. The summed E-state index contributed by atoms with van der Waals surface area (Å²) in [5.41, 5.74) is 0. The predicted octanol–water partition coefficient (Wildman–Crippen LogP) is 1.19. The number of hydrogen-bond donors (Lipinski definition) is 1. The maximum absolute atomic E-state index is 10.1. The van der Waals surface area contributed by atoms with Crippen LogP contribution >= 0.6 is 0 Å². The molecule has 0 aliphatic heterocycles. The van der Waals surface area contributed by atoms with Crippen LogP contribution < -0.4 is 0 Å². The summed E-state index contributed by atoms with van der Waals surface area (Å²) in [6, 6.07) is 0. The van der Waals surface area contributed by atoms with Crippen molar-refractivity contribution in [3.05, 3.63) is 12.9 Å². The zero-order valence-corrected chi connectivity index (χ0v) is 4.02. The van der Waals surface area contributed by atoms with Gasteiger partial charge in [0.1, 0.15) is 0 Å². The Kier molecular flexibility index (Phi) is 12.1. The molecule has 0 fully saturated rings. The Morgan fingerprint density at radius 2 is 2.00 bits per heavy atom. The predicted molar refractivity (Wildman–Crippen MR) is 24.6 cm³/mol. The molecule has 0 heterocycles. The smallest absolute Gasteiger partial charge is 0.300 e. The lowest BCUT2D eigenvalue weighted by Crippen LogP contribution is -1.78. The molecule has 0 aromatic heterocycles. The lowest BCUT2D eigenvalue weighted by atomic mass is 10.9. The minimum Gasteiger partial charge on any atom is -0.481 e. The van der Waals surface area contributed by atoms with Gasteiger partial charge in [0.2, 0.25) is 0 Å². The van der Waals surface area contributed by atoms with Crippen LogP contribution in [0.25, 0.3) is 0 Å². The molecule has 3 heteroatoms. The molecular formula is C4H7FO2. The van der Waals surface area contributed by atoms with E-state index in [1.807, 2.05) is 0 Å². The fraction of sp³-hybridized carbons (Fsp3) is 0.250. The first-order chi connectivity index (χ1) is 3.15. The van der Waals surface area contributed by atoms with Gasteiger partial charge in [0.25, 0.3) is 5.97 Å². The van der Waals surface area contributed by atoms with E-state index >= 15 is 0 Å². The van der Waals surface area contributed by atoms with Gasteiger partial charge in [0.15, 0.2) is 0 Å². The van der Waals surface area contributed by atoms with Crippen LogP contribution in [0.5, 0.6) is 0 Å². The molecule has 0 amide bonds. The zero-order valence-electron chi connectivity index (χ0n) is 4.02. The molecule has 1 N–H and O–H groups in total. The van der Waals surface area contributed by atoms with Crippen molar-refractivity contribution in [2.75, 3.05) is 0 Å². The van der Waals surface area contributed by atoms with Crippen LogP contribution in [0.4, 0.5) is 4.39 Å². The number of aliphatic carboxylic acids is 1. The van der Waals surface area contributed by atoms with E-state index in [-0.39, 0.29) is 6.33 Å². The van der Waals surface area contributed by atoms with Gasteiger partial charge in [-0.1, -0.05) is 6.58 Å². The molecule has 0 aliphatic rings. The average molecular weight is 106 g/mol. The van der Waals surface area contributed by atoms with Gasteiger partial charge in [0.05, 0.1) is 6.33 Å². The van der Waals surface area contributed by atoms with Crippen LogP contribution in [0.2, 0.25) is 0 Å². The summed E-state index contributed by atoms with van der Waals surface area (Å²) in [6.07, 6.45) is 0.250. The maximum Gasteiger partial charge on any atom is 0.300 e. The SMILES string of the molecule is C=CF.CC(=O)O. The summed E-state index contributed by atoms with van der Waals surface area (Å²) >= 11 is 0. The summed E-state index contributed by atoms with van der Waals surface area (Å²) in [4.78, 5) is 9.00. The van der Waals surface area contributed by atoms with Crippen molar-refractivity contribution < 1.29 is 14.3 Å². The summed E-state index contributed by atoms with van der Waals surface area (Å²) in [7, 11) is 0. The molecule has 0 saturated carbocycles. The Morgan fingerprint density at radius 1 is 2.00 bits per heavy atom. The number of halogens is 1. The van der Waals surface area contributed by atoms with Crippen LogP contribution in [0, 0.1) is 0 Å². The first kappa shape index (κ1) is 9.46. The largest absolute Gasteiger partial charge is 0.481 e. The molecule has 7 heavy (non-hydrogen) atoms. The van der Waals surface area contributed by atoms with E-state index in [0.717, 1.165) is 6.92 Å². The quantitative estimate of drug-likeness (QED) is 0.503. The second-order valence-electron chi connectivity index (χ2n) is 0.673. The number of hydrogen-bond acceptors (Lipinski definition) is 1. The Balaban J connectivity index is 0. The van der Waals surface area contributed by atoms with E-state index in [4.69, 9.17) is 9.90 Å². The van der Waals surface area contributed by atoms with Gasteiger partial charge < -0.3 is 5.11 Å². The first-order valence-electron chi connectivity index (χ1n) is 1.55. The molecule has 0 rings (SSSR count). The summed E-state index contributed by atoms with van der Waals surface area (Å²) in [5.74, 6) is -0.833. The number of carboxylic acid groups (broad SMARTS) is 1. The number of carboxylic acids is 1. The third kappa shape index (κ3) is 68.5. The molecule has 42 valence electrons. The Hall–Kier alpha value is -0.860. The minimum absolute atomic E-state index is 0.250. The second-order valence-corrected chi connectivity index (χ2v) is 0.673. The van der Waals surface area contributed by atoms with E-state index in [2.05, 4.69) is 6.58 Å². The molecule has 0 spiro atoms. The van der Waals surface area contributed by atoms with Crippen molar-refractivity contribution in [1.82, 2.24) is 0 Å². The molecule has 0 atom stereocenters. The van der Waals surface area contributed by atoms with Gasteiger partial charge >= 0.3 is 0 Å². The molecule has 2 nitrogen and oxygen atoms in total. The zero-order chi connectivity index (χ0) is 6.28. The van der Waals surface area contributed by atoms with Gasteiger partial charge in [-0.3, -0.25) is 4.79 Å². The molecule has 0 radical (unpaired) electrons. The van der Waals surface area contributed by atoms with Crippen LogP contribution in [0.3, 0.4) is 0 Å². The fourth-order valence-corrected chi connectivity index (χ4v) is 0. The molecule has 0 bridgehead atoms. The van der Waals surface area contributed by atoms with E-state index < -0.39 is 5.97 Å². The van der Waals surface area contributed by atoms with Crippen molar-refractivity contribution in [3.8, 4) is 0 Å². The Bertz CT molecular complexity index is 56.7. The lowest BCUT2D eigenvalue weighted by molar-refractivity contribution is -0.134. The van der Waals surface area contributed by atoms with E-state index in [9.17, 15) is 4.39 Å². The normalized spacial score (nSPS) is 5.43. The third-order valence-electron chi connectivity index (χ3n) is 0. The molecule has 0 saturated heterocycles. The van der Waals surface area contributed by atoms with Gasteiger partial charge in [0, 0.05) is 6.92 Å². The maximum atomic E-state index is 10.1. The van der Waals surface area contributed by atoms with Crippen molar-refractivity contribution >= 4 is 5.97 Å². The summed E-state index contributed by atoms with van der Waals surface area (Å²) in [6.45, 7) is 3.78. The van der Waals surface area contributed by atoms with Crippen molar-refractivity contribution in [2.24, 2.45) is 0 Å². The van der Waals surface area contributed by atoms with E-state index in [0.29, 0.717) is 0 Å². The Morgan fingerprint density at radius 3 is 2.00 bits per heavy atom. The molecule has 0 aromatic carbocycles. The van der Waals surface area contributed by atoms with Gasteiger partial charge in [-0.05, 0) is 0 Å². The Labute approximate surface area is 41.3 Å². The highest BCUT2D eigenvalue weighted by Crippen LogP contribution is 1.48. The van der Waals surface area contributed by atoms with Crippen molar-refractivity contribution in [2.45, 2.75) is 6.92 Å². The van der Waals surface area contributed by atoms with E-state index in [1.54, 1.807) is 0 Å². The molecule has 0 aromatic rings. The van der Waals surface area contributed by atoms with Gasteiger partial charge in [-0.2, -0.15) is 0 Å². The second kappa shape index (κ2) is 8.94. The van der Waals surface area contributed by atoms with Gasteiger partial charge in [-0.15, -0.1) is 0 Å². The number of rotatable bonds is 0. The standard InChI is InChI=1S/C2H3F.C2H4O2/c1-2-3;1-2(3)4/h2H,1H2;1H3,(H,3,4). The third-order valence-corrected chi connectivity index (χ3v) is 0. The van der Waals surface area contributed by atoms with Crippen molar-refractivity contribution in [1.29, 1.82) is 0 Å². The van der Waals surface area contributed by atoms with Gasteiger partial charge in [-0.25, -0.2) is 4.39 Å². The first-order valence-corrected chi connectivity index (χ1v) is 1.55.